The maximum absolute atomic E-state index is 11.0. The molecule has 1 amide bonds. The van der Waals surface area contributed by atoms with Crippen molar-refractivity contribution in [3.63, 3.8) is 0 Å². The summed E-state index contributed by atoms with van der Waals surface area (Å²) in [5.41, 5.74) is 2.99. The van der Waals surface area contributed by atoms with Crippen LogP contribution in [0.5, 0.6) is 0 Å². The second-order valence-electron chi connectivity index (χ2n) is 2.59. The first-order chi connectivity index (χ1) is 6.72. The highest BCUT2D eigenvalue weighted by atomic mass is 35.5. The highest BCUT2D eigenvalue weighted by Crippen LogP contribution is 2.14. The molecule has 0 bridgehead atoms. The minimum absolute atomic E-state index is 0.147. The zero-order valence-corrected chi connectivity index (χ0v) is 8.47. The molecule has 0 fully saturated rings. The van der Waals surface area contributed by atoms with Gasteiger partial charge >= 0.3 is 0 Å². The van der Waals surface area contributed by atoms with E-state index in [1.165, 1.54) is 7.11 Å². The van der Waals surface area contributed by atoms with Gasteiger partial charge < -0.3 is 5.32 Å². The topological polar surface area (TPSA) is 50.4 Å². The van der Waals surface area contributed by atoms with Crippen LogP contribution in [0.15, 0.2) is 24.3 Å². The number of rotatable bonds is 4. The Morgan fingerprint density at radius 3 is 3.00 bits per heavy atom. The molecule has 76 valence electrons. The number of carbonyl (C=O) groups is 1. The van der Waals surface area contributed by atoms with E-state index in [4.69, 9.17) is 11.6 Å². The normalized spacial score (nSPS) is 9.57. The van der Waals surface area contributed by atoms with Crippen molar-refractivity contribution in [2.75, 3.05) is 19.0 Å². The molecular weight excluding hydrogens is 204 g/mol. The van der Waals surface area contributed by atoms with Gasteiger partial charge in [0, 0.05) is 10.7 Å². The Kier molecular flexibility index (Phi) is 4.22. The Labute approximate surface area is 87.2 Å². The second kappa shape index (κ2) is 5.47. The monoisotopic (exact) mass is 214 g/mol. The van der Waals surface area contributed by atoms with Crippen LogP contribution >= 0.6 is 11.6 Å². The Balaban J connectivity index is 2.41. The number of hydroxylamine groups is 1. The summed E-state index contributed by atoms with van der Waals surface area (Å²) < 4.78 is 0. The summed E-state index contributed by atoms with van der Waals surface area (Å²) in [4.78, 5) is 15.4. The molecule has 0 aliphatic rings. The van der Waals surface area contributed by atoms with E-state index in [0.29, 0.717) is 5.02 Å². The first-order valence-corrected chi connectivity index (χ1v) is 4.41. The summed E-state index contributed by atoms with van der Waals surface area (Å²) in [5, 5.41) is 3.52. The van der Waals surface area contributed by atoms with Crippen molar-refractivity contribution in [2.45, 2.75) is 0 Å². The van der Waals surface area contributed by atoms with E-state index in [1.54, 1.807) is 18.2 Å². The molecule has 5 heteroatoms. The largest absolute Gasteiger partial charge is 0.376 e. The molecule has 0 atom stereocenters. The van der Waals surface area contributed by atoms with Crippen LogP contribution in [0.2, 0.25) is 5.02 Å². The van der Waals surface area contributed by atoms with E-state index in [1.807, 2.05) is 6.07 Å². The van der Waals surface area contributed by atoms with Gasteiger partial charge in [-0.25, -0.2) is 5.48 Å². The lowest BCUT2D eigenvalue weighted by atomic mass is 10.3. The molecule has 0 saturated carbocycles. The SMILES string of the molecule is CONC(=O)CNc1cccc(Cl)c1. The van der Waals surface area contributed by atoms with Crippen LogP contribution in [0.25, 0.3) is 0 Å². The molecular formula is C9H11ClN2O2. The van der Waals surface area contributed by atoms with Gasteiger partial charge in [0.15, 0.2) is 0 Å². The number of anilines is 1. The average molecular weight is 215 g/mol. The number of hydrogen-bond donors (Lipinski definition) is 2. The molecule has 0 aliphatic carbocycles. The Morgan fingerprint density at radius 1 is 1.57 bits per heavy atom. The Morgan fingerprint density at radius 2 is 2.36 bits per heavy atom. The average Bonchev–Trinajstić information content (AvgIpc) is 2.15. The van der Waals surface area contributed by atoms with Crippen molar-refractivity contribution in [3.8, 4) is 0 Å². The van der Waals surface area contributed by atoms with Gasteiger partial charge in [0.1, 0.15) is 0 Å². The molecule has 0 radical (unpaired) electrons. The molecule has 14 heavy (non-hydrogen) atoms. The van der Waals surface area contributed by atoms with Crippen molar-refractivity contribution in [3.05, 3.63) is 29.3 Å². The summed E-state index contributed by atoms with van der Waals surface area (Å²) in [7, 11) is 1.39. The van der Waals surface area contributed by atoms with E-state index < -0.39 is 0 Å². The van der Waals surface area contributed by atoms with Crippen LogP contribution in [-0.4, -0.2) is 19.6 Å². The van der Waals surface area contributed by atoms with E-state index in [0.717, 1.165) is 5.69 Å². The summed E-state index contributed by atoms with van der Waals surface area (Å²) in [6, 6.07) is 7.13. The molecule has 1 aromatic rings. The molecule has 0 aliphatic heterocycles. The predicted octanol–water partition coefficient (Wildman–Crippen LogP) is 1.43. The molecule has 4 nitrogen and oxygen atoms in total. The van der Waals surface area contributed by atoms with Gasteiger partial charge in [0.25, 0.3) is 5.91 Å². The summed E-state index contributed by atoms with van der Waals surface area (Å²) in [5.74, 6) is -0.243. The van der Waals surface area contributed by atoms with Gasteiger partial charge in [0.05, 0.1) is 13.7 Å². The summed E-state index contributed by atoms with van der Waals surface area (Å²) in [6.45, 7) is 0.147. The van der Waals surface area contributed by atoms with E-state index in [2.05, 4.69) is 15.6 Å². The number of carbonyl (C=O) groups excluding carboxylic acids is 1. The zero-order valence-electron chi connectivity index (χ0n) is 7.71. The molecule has 0 aromatic heterocycles. The lowest BCUT2D eigenvalue weighted by Gasteiger charge is -2.05. The fourth-order valence-corrected chi connectivity index (χ4v) is 1.12. The number of amides is 1. The first-order valence-electron chi connectivity index (χ1n) is 4.03. The van der Waals surface area contributed by atoms with Crippen LogP contribution < -0.4 is 10.8 Å². The number of halogens is 1. The zero-order chi connectivity index (χ0) is 10.4. The molecule has 2 N–H and O–H groups in total. The van der Waals surface area contributed by atoms with Crippen LogP contribution in [0.1, 0.15) is 0 Å². The van der Waals surface area contributed by atoms with Crippen molar-refractivity contribution in [2.24, 2.45) is 0 Å². The maximum Gasteiger partial charge on any atom is 0.262 e. The van der Waals surface area contributed by atoms with Crippen LogP contribution in [0.3, 0.4) is 0 Å². The number of benzene rings is 1. The third-order valence-corrected chi connectivity index (χ3v) is 1.73. The van der Waals surface area contributed by atoms with Gasteiger partial charge in [0.2, 0.25) is 0 Å². The molecule has 0 unspecified atom stereocenters. The molecule has 1 rings (SSSR count). The third kappa shape index (κ3) is 3.64. The van der Waals surface area contributed by atoms with Gasteiger partial charge in [-0.05, 0) is 18.2 Å². The third-order valence-electron chi connectivity index (χ3n) is 1.49. The first kappa shape index (κ1) is 10.8. The van der Waals surface area contributed by atoms with Gasteiger partial charge in [-0.3, -0.25) is 9.63 Å². The lowest BCUT2D eigenvalue weighted by Crippen LogP contribution is -2.28. The smallest absolute Gasteiger partial charge is 0.262 e. The van der Waals surface area contributed by atoms with Crippen LogP contribution in [0, 0.1) is 0 Å². The van der Waals surface area contributed by atoms with Crippen molar-refractivity contribution >= 4 is 23.2 Å². The lowest BCUT2D eigenvalue weighted by molar-refractivity contribution is -0.129. The van der Waals surface area contributed by atoms with Crippen molar-refractivity contribution in [1.29, 1.82) is 0 Å². The summed E-state index contributed by atoms with van der Waals surface area (Å²) >= 11 is 5.76. The van der Waals surface area contributed by atoms with E-state index in [9.17, 15) is 4.79 Å². The Hall–Kier alpha value is -1.26. The highest BCUT2D eigenvalue weighted by Gasteiger charge is 1.99. The minimum Gasteiger partial charge on any atom is -0.376 e. The van der Waals surface area contributed by atoms with Crippen molar-refractivity contribution < 1.29 is 9.63 Å². The molecule has 0 spiro atoms. The number of hydrogen-bond acceptors (Lipinski definition) is 3. The second-order valence-corrected chi connectivity index (χ2v) is 3.03. The molecule has 1 aromatic carbocycles. The minimum atomic E-state index is -0.243. The predicted molar refractivity (Wildman–Crippen MR) is 55.1 cm³/mol. The van der Waals surface area contributed by atoms with Crippen LogP contribution in [-0.2, 0) is 9.63 Å². The summed E-state index contributed by atoms with van der Waals surface area (Å²) in [6.07, 6.45) is 0. The van der Waals surface area contributed by atoms with Gasteiger partial charge in [-0.15, -0.1) is 0 Å². The fraction of sp³-hybridized carbons (Fsp3) is 0.222. The fourth-order valence-electron chi connectivity index (χ4n) is 0.931. The number of nitrogens with one attached hydrogen (secondary N) is 2. The highest BCUT2D eigenvalue weighted by molar-refractivity contribution is 6.30. The van der Waals surface area contributed by atoms with Gasteiger partial charge in [-0.1, -0.05) is 17.7 Å². The Bertz CT molecular complexity index is 317. The van der Waals surface area contributed by atoms with E-state index >= 15 is 0 Å². The van der Waals surface area contributed by atoms with Crippen molar-refractivity contribution in [1.82, 2.24) is 5.48 Å². The van der Waals surface area contributed by atoms with Crippen LogP contribution in [0.4, 0.5) is 5.69 Å². The quantitative estimate of drug-likeness (QED) is 0.746. The molecule has 0 saturated heterocycles. The van der Waals surface area contributed by atoms with Gasteiger partial charge in [-0.2, -0.15) is 0 Å². The maximum atomic E-state index is 11.0. The van der Waals surface area contributed by atoms with E-state index in [-0.39, 0.29) is 12.5 Å². The molecule has 0 heterocycles. The standard InChI is InChI=1S/C9H11ClN2O2/c1-14-12-9(13)6-11-8-4-2-3-7(10)5-8/h2-5,11H,6H2,1H3,(H,12,13).